The van der Waals surface area contributed by atoms with E-state index in [9.17, 15) is 9.18 Å². The first-order valence-electron chi connectivity index (χ1n) is 9.70. The van der Waals surface area contributed by atoms with Gasteiger partial charge in [0.25, 0.3) is 0 Å². The van der Waals surface area contributed by atoms with E-state index in [1.807, 2.05) is 19.1 Å². The Morgan fingerprint density at radius 2 is 1.86 bits per heavy atom. The standard InChI is InChI=1S/C23H24FNO3/c1-2-27-15-16-3-5-17(6-4-16)18-7-9-19(10-8-18)23(26)28-21-12-11-20(14-25)22(24)13-21/h7-13,16-17H,2-6,15H2,1H3/t16-,17-. The first-order chi connectivity index (χ1) is 13.6. The summed E-state index contributed by atoms with van der Waals surface area (Å²) in [5.74, 6) is -0.00815. The number of esters is 1. The third-order valence-corrected chi connectivity index (χ3v) is 5.29. The topological polar surface area (TPSA) is 59.3 Å². The van der Waals surface area contributed by atoms with Crippen LogP contribution in [0.2, 0.25) is 0 Å². The van der Waals surface area contributed by atoms with Gasteiger partial charge in [0.05, 0.1) is 11.1 Å². The summed E-state index contributed by atoms with van der Waals surface area (Å²) < 4.78 is 24.4. The van der Waals surface area contributed by atoms with E-state index < -0.39 is 11.8 Å². The fourth-order valence-corrected chi connectivity index (χ4v) is 3.65. The summed E-state index contributed by atoms with van der Waals surface area (Å²) in [6, 6.07) is 12.9. The number of ether oxygens (including phenoxy) is 2. The summed E-state index contributed by atoms with van der Waals surface area (Å²) in [5.41, 5.74) is 1.56. The first kappa shape index (κ1) is 20.0. The smallest absolute Gasteiger partial charge is 0.343 e. The zero-order valence-corrected chi connectivity index (χ0v) is 16.0. The Bertz CT molecular complexity index is 849. The van der Waals surface area contributed by atoms with Gasteiger partial charge < -0.3 is 9.47 Å². The van der Waals surface area contributed by atoms with Crippen molar-refractivity contribution < 1.29 is 18.7 Å². The Kier molecular flexibility index (Phi) is 6.78. The maximum atomic E-state index is 13.6. The number of benzene rings is 2. The molecule has 2 aromatic carbocycles. The number of hydrogen-bond donors (Lipinski definition) is 0. The second kappa shape index (κ2) is 9.48. The molecular weight excluding hydrogens is 357 g/mol. The van der Waals surface area contributed by atoms with Gasteiger partial charge in [0.2, 0.25) is 0 Å². The predicted molar refractivity (Wildman–Crippen MR) is 104 cm³/mol. The monoisotopic (exact) mass is 381 g/mol. The van der Waals surface area contributed by atoms with Crippen molar-refractivity contribution in [2.75, 3.05) is 13.2 Å². The normalized spacial score (nSPS) is 19.0. The average Bonchev–Trinajstić information content (AvgIpc) is 2.73. The fraction of sp³-hybridized carbons (Fsp3) is 0.391. The molecule has 1 aliphatic carbocycles. The molecule has 0 heterocycles. The lowest BCUT2D eigenvalue weighted by atomic mass is 9.79. The number of nitriles is 1. The molecule has 0 unspecified atom stereocenters. The Morgan fingerprint density at radius 1 is 1.14 bits per heavy atom. The van der Waals surface area contributed by atoms with E-state index in [2.05, 4.69) is 0 Å². The molecule has 3 rings (SSSR count). The molecule has 4 nitrogen and oxygen atoms in total. The summed E-state index contributed by atoms with van der Waals surface area (Å²) in [7, 11) is 0. The Labute approximate surface area is 164 Å². The van der Waals surface area contributed by atoms with Crippen LogP contribution in [0.4, 0.5) is 4.39 Å². The van der Waals surface area contributed by atoms with E-state index in [-0.39, 0.29) is 11.3 Å². The molecule has 0 saturated heterocycles. The van der Waals surface area contributed by atoms with Crippen molar-refractivity contribution in [3.63, 3.8) is 0 Å². The van der Waals surface area contributed by atoms with Crippen molar-refractivity contribution in [2.45, 2.75) is 38.5 Å². The van der Waals surface area contributed by atoms with Crippen molar-refractivity contribution in [1.82, 2.24) is 0 Å². The van der Waals surface area contributed by atoms with Crippen LogP contribution in [0.5, 0.6) is 5.75 Å². The molecule has 0 N–H and O–H groups in total. The molecular formula is C23H24FNO3. The van der Waals surface area contributed by atoms with Crippen molar-refractivity contribution in [3.05, 3.63) is 65.0 Å². The van der Waals surface area contributed by atoms with Crippen molar-refractivity contribution in [2.24, 2.45) is 5.92 Å². The minimum atomic E-state index is -0.705. The van der Waals surface area contributed by atoms with Crippen LogP contribution in [0, 0.1) is 23.1 Å². The van der Waals surface area contributed by atoms with Gasteiger partial charge in [0, 0.05) is 19.3 Å². The minimum absolute atomic E-state index is 0.0817. The highest BCUT2D eigenvalue weighted by Crippen LogP contribution is 2.36. The van der Waals surface area contributed by atoms with Crippen molar-refractivity contribution in [3.8, 4) is 11.8 Å². The largest absolute Gasteiger partial charge is 0.423 e. The maximum Gasteiger partial charge on any atom is 0.343 e. The van der Waals surface area contributed by atoms with Gasteiger partial charge in [0.15, 0.2) is 0 Å². The molecule has 146 valence electrons. The molecule has 0 spiro atoms. The quantitative estimate of drug-likeness (QED) is 0.508. The lowest BCUT2D eigenvalue weighted by molar-refractivity contribution is 0.0734. The van der Waals surface area contributed by atoms with Gasteiger partial charge in [-0.3, -0.25) is 0 Å². The summed E-state index contributed by atoms with van der Waals surface area (Å²) in [6.45, 7) is 3.65. The van der Waals surface area contributed by atoms with Crippen LogP contribution in [0.25, 0.3) is 0 Å². The minimum Gasteiger partial charge on any atom is -0.423 e. The SMILES string of the molecule is CCOC[C@H]1CC[C@H](c2ccc(C(=O)Oc3ccc(C#N)c(F)c3)cc2)CC1. The third kappa shape index (κ3) is 4.96. The van der Waals surface area contributed by atoms with Gasteiger partial charge >= 0.3 is 5.97 Å². The molecule has 2 aromatic rings. The Morgan fingerprint density at radius 3 is 2.46 bits per heavy atom. The lowest BCUT2D eigenvalue weighted by Crippen LogP contribution is -2.18. The molecule has 0 atom stereocenters. The van der Waals surface area contributed by atoms with E-state index in [1.54, 1.807) is 18.2 Å². The number of hydrogen-bond acceptors (Lipinski definition) is 4. The number of carbonyl (C=O) groups is 1. The summed E-state index contributed by atoms with van der Waals surface area (Å²) in [6.07, 6.45) is 4.59. The van der Waals surface area contributed by atoms with Crippen LogP contribution in [0.1, 0.15) is 60.0 Å². The van der Waals surface area contributed by atoms with Crippen LogP contribution in [0.15, 0.2) is 42.5 Å². The fourth-order valence-electron chi connectivity index (χ4n) is 3.65. The zero-order valence-electron chi connectivity index (χ0n) is 16.0. The van der Waals surface area contributed by atoms with Gasteiger partial charge in [-0.15, -0.1) is 0 Å². The van der Waals surface area contributed by atoms with Gasteiger partial charge in [-0.05, 0) is 74.3 Å². The molecule has 1 saturated carbocycles. The second-order valence-corrected chi connectivity index (χ2v) is 7.14. The highest BCUT2D eigenvalue weighted by Gasteiger charge is 2.22. The molecule has 0 amide bonds. The average molecular weight is 381 g/mol. The Hall–Kier alpha value is -2.71. The van der Waals surface area contributed by atoms with Gasteiger partial charge in [0.1, 0.15) is 17.6 Å². The van der Waals surface area contributed by atoms with Gasteiger partial charge in [-0.25, -0.2) is 9.18 Å². The zero-order chi connectivity index (χ0) is 19.9. The summed E-state index contributed by atoms with van der Waals surface area (Å²) >= 11 is 0. The highest BCUT2D eigenvalue weighted by atomic mass is 19.1. The van der Waals surface area contributed by atoms with E-state index in [4.69, 9.17) is 14.7 Å². The third-order valence-electron chi connectivity index (χ3n) is 5.29. The van der Waals surface area contributed by atoms with Crippen LogP contribution in [-0.2, 0) is 4.74 Å². The summed E-state index contributed by atoms with van der Waals surface area (Å²) in [5, 5.41) is 8.75. The highest BCUT2D eigenvalue weighted by molar-refractivity contribution is 5.91. The number of carbonyl (C=O) groups excluding carboxylic acids is 1. The number of halogens is 1. The molecule has 0 aromatic heterocycles. The van der Waals surface area contributed by atoms with Crippen molar-refractivity contribution >= 4 is 5.97 Å². The number of rotatable bonds is 6. The molecule has 0 radical (unpaired) electrons. The molecule has 5 heteroatoms. The van der Waals surface area contributed by atoms with Gasteiger partial charge in [-0.2, -0.15) is 5.26 Å². The molecule has 28 heavy (non-hydrogen) atoms. The molecule has 0 bridgehead atoms. The van der Waals surface area contributed by atoms with E-state index in [0.717, 1.165) is 32.1 Å². The Balaban J connectivity index is 1.57. The van der Waals surface area contributed by atoms with Crippen LogP contribution in [0.3, 0.4) is 0 Å². The molecule has 1 aliphatic rings. The van der Waals surface area contributed by atoms with E-state index >= 15 is 0 Å². The lowest BCUT2D eigenvalue weighted by Gasteiger charge is -2.28. The second-order valence-electron chi connectivity index (χ2n) is 7.14. The van der Waals surface area contributed by atoms with E-state index in [1.165, 1.54) is 30.5 Å². The summed E-state index contributed by atoms with van der Waals surface area (Å²) in [4.78, 5) is 12.3. The molecule has 1 fully saturated rings. The number of nitrogens with zero attached hydrogens (tertiary/aromatic N) is 1. The van der Waals surface area contributed by atoms with Gasteiger partial charge in [-0.1, -0.05) is 12.1 Å². The molecule has 0 aliphatic heterocycles. The maximum absolute atomic E-state index is 13.6. The van der Waals surface area contributed by atoms with Crippen LogP contribution < -0.4 is 4.74 Å². The predicted octanol–water partition coefficient (Wildman–Crippen LogP) is 5.23. The van der Waals surface area contributed by atoms with Crippen molar-refractivity contribution in [1.29, 1.82) is 5.26 Å². The van der Waals surface area contributed by atoms with Crippen LogP contribution in [-0.4, -0.2) is 19.2 Å². The van der Waals surface area contributed by atoms with E-state index in [0.29, 0.717) is 17.4 Å². The first-order valence-corrected chi connectivity index (χ1v) is 9.70. The van der Waals surface area contributed by atoms with Crippen LogP contribution >= 0.6 is 0 Å².